The van der Waals surface area contributed by atoms with E-state index >= 15 is 0 Å². The number of carbonyl (C=O) groups is 1. The summed E-state index contributed by atoms with van der Waals surface area (Å²) in [6.07, 6.45) is 5.18. The molecule has 1 heterocycles. The minimum atomic E-state index is -0.00921. The molecule has 104 valence electrons. The van der Waals surface area contributed by atoms with Crippen molar-refractivity contribution in [3.8, 4) is 0 Å². The summed E-state index contributed by atoms with van der Waals surface area (Å²) in [4.78, 5) is 16.5. The molecule has 19 heavy (non-hydrogen) atoms. The highest BCUT2D eigenvalue weighted by molar-refractivity contribution is 5.93. The van der Waals surface area contributed by atoms with Gasteiger partial charge in [-0.3, -0.25) is 9.78 Å². The number of carbonyl (C=O) groups excluding carboxylic acids is 1. The van der Waals surface area contributed by atoms with Gasteiger partial charge in [-0.05, 0) is 50.2 Å². The first-order valence-electron chi connectivity index (χ1n) is 6.64. The molecule has 2 bridgehead atoms. The maximum atomic E-state index is 12.3. The number of nitrogens with zero attached hydrogens (tertiary/aromatic N) is 1. The Balaban J connectivity index is 0.00000133. The van der Waals surface area contributed by atoms with Gasteiger partial charge in [0.2, 0.25) is 5.91 Å². The van der Waals surface area contributed by atoms with Crippen molar-refractivity contribution in [2.75, 3.05) is 5.32 Å². The molecule has 2 saturated carbocycles. The second kappa shape index (κ2) is 5.47. The molecule has 4 unspecified atom stereocenters. The van der Waals surface area contributed by atoms with Crippen LogP contribution in [0.3, 0.4) is 0 Å². The SMILES string of the molecule is Cc1ccc(NC(=O)C2C3CCC(C3)C2N)cn1.Cl. The number of rotatable bonds is 2. The van der Waals surface area contributed by atoms with E-state index in [-0.39, 0.29) is 30.3 Å². The lowest BCUT2D eigenvalue weighted by Crippen LogP contribution is -2.42. The summed E-state index contributed by atoms with van der Waals surface area (Å²) in [5.74, 6) is 1.11. The van der Waals surface area contributed by atoms with Crippen LogP contribution < -0.4 is 11.1 Å². The molecule has 2 fully saturated rings. The quantitative estimate of drug-likeness (QED) is 0.872. The van der Waals surface area contributed by atoms with Crippen LogP contribution in [-0.4, -0.2) is 16.9 Å². The summed E-state index contributed by atoms with van der Waals surface area (Å²) in [7, 11) is 0. The van der Waals surface area contributed by atoms with Crippen molar-refractivity contribution < 1.29 is 4.79 Å². The van der Waals surface area contributed by atoms with Gasteiger partial charge in [-0.1, -0.05) is 0 Å². The fraction of sp³-hybridized carbons (Fsp3) is 0.571. The fourth-order valence-electron chi connectivity index (χ4n) is 3.49. The summed E-state index contributed by atoms with van der Waals surface area (Å²) < 4.78 is 0. The van der Waals surface area contributed by atoms with Gasteiger partial charge in [-0.2, -0.15) is 0 Å². The summed E-state index contributed by atoms with van der Waals surface area (Å²) in [6.45, 7) is 1.93. The average molecular weight is 282 g/mol. The summed E-state index contributed by atoms with van der Waals surface area (Å²) in [5.41, 5.74) is 7.88. The normalized spacial score (nSPS) is 31.9. The number of anilines is 1. The van der Waals surface area contributed by atoms with Crippen LogP contribution in [0, 0.1) is 24.7 Å². The van der Waals surface area contributed by atoms with Gasteiger partial charge in [0.1, 0.15) is 0 Å². The Hall–Kier alpha value is -1.13. The molecular weight excluding hydrogens is 262 g/mol. The number of nitrogens with two attached hydrogens (primary N) is 1. The van der Waals surface area contributed by atoms with Crippen molar-refractivity contribution in [1.82, 2.24) is 4.98 Å². The average Bonchev–Trinajstić information content (AvgIpc) is 2.92. The Labute approximate surface area is 119 Å². The molecule has 1 aromatic rings. The van der Waals surface area contributed by atoms with Crippen molar-refractivity contribution in [3.05, 3.63) is 24.0 Å². The molecule has 0 spiro atoms. The Bertz CT molecular complexity index is 460. The molecular formula is C14H20ClN3O. The van der Waals surface area contributed by atoms with E-state index < -0.39 is 0 Å². The van der Waals surface area contributed by atoms with Crippen LogP contribution in [0.15, 0.2) is 18.3 Å². The summed E-state index contributed by atoms with van der Waals surface area (Å²) in [5, 5.41) is 2.94. The second-order valence-electron chi connectivity index (χ2n) is 5.61. The van der Waals surface area contributed by atoms with Gasteiger partial charge < -0.3 is 11.1 Å². The molecule has 2 aliphatic rings. The van der Waals surface area contributed by atoms with Gasteiger partial charge in [0.25, 0.3) is 0 Å². The van der Waals surface area contributed by atoms with Gasteiger partial charge in [0.15, 0.2) is 0 Å². The molecule has 5 heteroatoms. The van der Waals surface area contributed by atoms with Crippen molar-refractivity contribution in [1.29, 1.82) is 0 Å². The number of nitrogens with one attached hydrogen (secondary N) is 1. The van der Waals surface area contributed by atoms with Crippen molar-refractivity contribution in [2.45, 2.75) is 32.2 Å². The van der Waals surface area contributed by atoms with Crippen molar-refractivity contribution in [2.24, 2.45) is 23.5 Å². The molecule has 0 aliphatic heterocycles. The van der Waals surface area contributed by atoms with E-state index in [1.165, 1.54) is 6.42 Å². The Kier molecular flexibility index (Phi) is 4.11. The van der Waals surface area contributed by atoms with Crippen LogP contribution in [0.1, 0.15) is 25.0 Å². The van der Waals surface area contributed by atoms with Crippen molar-refractivity contribution in [3.63, 3.8) is 0 Å². The van der Waals surface area contributed by atoms with E-state index in [0.29, 0.717) is 11.8 Å². The van der Waals surface area contributed by atoms with E-state index in [1.54, 1.807) is 6.20 Å². The van der Waals surface area contributed by atoms with E-state index in [1.807, 2.05) is 19.1 Å². The maximum Gasteiger partial charge on any atom is 0.229 e. The summed E-state index contributed by atoms with van der Waals surface area (Å²) >= 11 is 0. The number of halogens is 1. The highest BCUT2D eigenvalue weighted by atomic mass is 35.5. The molecule has 0 aromatic carbocycles. The molecule has 3 N–H and O–H groups in total. The van der Waals surface area contributed by atoms with E-state index in [2.05, 4.69) is 10.3 Å². The Morgan fingerprint density at radius 2 is 2.11 bits per heavy atom. The molecule has 0 radical (unpaired) electrons. The van der Waals surface area contributed by atoms with Crippen LogP contribution in [-0.2, 0) is 4.79 Å². The second-order valence-corrected chi connectivity index (χ2v) is 5.61. The lowest BCUT2D eigenvalue weighted by Gasteiger charge is -2.26. The largest absolute Gasteiger partial charge is 0.327 e. The lowest BCUT2D eigenvalue weighted by atomic mass is 9.84. The van der Waals surface area contributed by atoms with Gasteiger partial charge in [0, 0.05) is 11.7 Å². The number of pyridine rings is 1. The van der Waals surface area contributed by atoms with Crippen LogP contribution in [0.2, 0.25) is 0 Å². The van der Waals surface area contributed by atoms with E-state index in [0.717, 1.165) is 24.2 Å². The monoisotopic (exact) mass is 281 g/mol. The predicted molar refractivity (Wildman–Crippen MR) is 77.1 cm³/mol. The molecule has 3 rings (SSSR count). The third-order valence-electron chi connectivity index (χ3n) is 4.46. The first-order chi connectivity index (χ1) is 8.65. The maximum absolute atomic E-state index is 12.3. The molecule has 4 nitrogen and oxygen atoms in total. The first-order valence-corrected chi connectivity index (χ1v) is 6.64. The molecule has 1 amide bonds. The van der Waals surface area contributed by atoms with Gasteiger partial charge in [-0.15, -0.1) is 12.4 Å². The summed E-state index contributed by atoms with van der Waals surface area (Å²) in [6, 6.07) is 3.83. The van der Waals surface area contributed by atoms with Crippen LogP contribution >= 0.6 is 12.4 Å². The van der Waals surface area contributed by atoms with Crippen molar-refractivity contribution >= 4 is 24.0 Å². The highest BCUT2D eigenvalue weighted by Crippen LogP contribution is 2.47. The highest BCUT2D eigenvalue weighted by Gasteiger charge is 2.49. The number of hydrogen-bond donors (Lipinski definition) is 2. The zero-order valence-electron chi connectivity index (χ0n) is 11.0. The third kappa shape index (κ3) is 2.60. The fourth-order valence-corrected chi connectivity index (χ4v) is 3.49. The number of fused-ring (bicyclic) bond motifs is 2. The molecule has 2 aliphatic carbocycles. The van der Waals surface area contributed by atoms with Gasteiger partial charge in [-0.25, -0.2) is 0 Å². The first kappa shape index (κ1) is 14.3. The topological polar surface area (TPSA) is 68.0 Å². The smallest absolute Gasteiger partial charge is 0.229 e. The van der Waals surface area contributed by atoms with E-state index in [4.69, 9.17) is 5.73 Å². The van der Waals surface area contributed by atoms with Gasteiger partial charge in [0.05, 0.1) is 17.8 Å². The lowest BCUT2D eigenvalue weighted by molar-refractivity contribution is -0.121. The van der Waals surface area contributed by atoms with Gasteiger partial charge >= 0.3 is 0 Å². The van der Waals surface area contributed by atoms with E-state index in [9.17, 15) is 4.79 Å². The molecule has 1 aromatic heterocycles. The number of aryl methyl sites for hydroxylation is 1. The standard InChI is InChI=1S/C14H19N3O.ClH/c1-8-2-5-11(7-16-8)17-14(18)12-9-3-4-10(6-9)13(12)15;/h2,5,7,9-10,12-13H,3-4,6,15H2,1H3,(H,17,18);1H. The Morgan fingerprint density at radius 1 is 1.37 bits per heavy atom. The van der Waals surface area contributed by atoms with Crippen LogP contribution in [0.4, 0.5) is 5.69 Å². The minimum absolute atomic E-state index is 0. The number of aromatic nitrogens is 1. The predicted octanol–water partition coefficient (Wildman–Crippen LogP) is 2.12. The third-order valence-corrected chi connectivity index (χ3v) is 4.46. The zero-order valence-corrected chi connectivity index (χ0v) is 11.8. The zero-order chi connectivity index (χ0) is 12.7. The number of amides is 1. The minimum Gasteiger partial charge on any atom is -0.327 e. The van der Waals surface area contributed by atoms with Crippen LogP contribution in [0.25, 0.3) is 0 Å². The molecule has 4 atom stereocenters. The van der Waals surface area contributed by atoms with Crippen LogP contribution in [0.5, 0.6) is 0 Å². The molecule has 0 saturated heterocycles. The number of hydrogen-bond acceptors (Lipinski definition) is 3. The Morgan fingerprint density at radius 3 is 2.68 bits per heavy atom.